The van der Waals surface area contributed by atoms with Crippen LogP contribution in [0.4, 0.5) is 0 Å². The molecule has 0 spiro atoms. The van der Waals surface area contributed by atoms with E-state index < -0.39 is 5.43 Å². The van der Waals surface area contributed by atoms with E-state index in [1.807, 2.05) is 24.1 Å². The van der Waals surface area contributed by atoms with Gasteiger partial charge in [-0.3, -0.25) is 4.79 Å². The molecular formula is C21H20Cl2INO5. The van der Waals surface area contributed by atoms with Crippen LogP contribution in [0.2, 0.25) is 5.02 Å². The molecule has 160 valence electrons. The summed E-state index contributed by atoms with van der Waals surface area (Å²) in [6.45, 7) is 0.625. The minimum absolute atomic E-state index is 0. The summed E-state index contributed by atoms with van der Waals surface area (Å²) in [6, 6.07) is 7.63. The maximum absolute atomic E-state index is 12.9. The minimum atomic E-state index is -0.429. The molecule has 1 saturated heterocycles. The van der Waals surface area contributed by atoms with E-state index in [2.05, 4.69) is 22.6 Å². The van der Waals surface area contributed by atoms with Crippen LogP contribution in [0, 0.1) is 3.57 Å². The maximum Gasteiger partial charge on any atom is 0.197 e. The molecule has 2 atom stereocenters. The molecule has 2 heterocycles. The highest BCUT2D eigenvalue weighted by atomic mass is 127. The molecule has 3 N–H and O–H groups in total. The third-order valence-corrected chi connectivity index (χ3v) is 7.22. The van der Waals surface area contributed by atoms with E-state index >= 15 is 0 Å². The largest absolute Gasteiger partial charge is 0.507 e. The Hall–Kier alpha value is -1.52. The quantitative estimate of drug-likeness (QED) is 0.411. The van der Waals surface area contributed by atoms with Gasteiger partial charge in [0.25, 0.3) is 0 Å². The SMILES string of the molecule is CN1CC[C@@H](c2c(O)cc(O)c3c(=O)cc(-c4cccc(I)c4Cl)oc23)[C@@H]1CO.Cl. The molecule has 1 aromatic heterocycles. The maximum atomic E-state index is 12.9. The van der Waals surface area contributed by atoms with Crippen molar-refractivity contribution in [2.75, 3.05) is 20.2 Å². The first kappa shape index (κ1) is 23.1. The van der Waals surface area contributed by atoms with E-state index in [9.17, 15) is 20.1 Å². The summed E-state index contributed by atoms with van der Waals surface area (Å²) in [5.74, 6) is -0.507. The van der Waals surface area contributed by atoms with Crippen molar-refractivity contribution in [1.82, 2.24) is 4.90 Å². The van der Waals surface area contributed by atoms with E-state index in [0.29, 0.717) is 22.6 Å². The summed E-state index contributed by atoms with van der Waals surface area (Å²) in [5, 5.41) is 31.3. The Morgan fingerprint density at radius 2 is 2.00 bits per heavy atom. The van der Waals surface area contributed by atoms with Crippen LogP contribution in [-0.2, 0) is 0 Å². The standard InChI is InChI=1S/C21H19ClINO5.ClH/c1-24-6-5-10(13(24)9-25)18-14(26)7-15(27)19-16(28)8-17(29-21(18)19)11-3-2-4-12(23)20(11)22;/h2-4,7-8,10,13,25-27H,5-6,9H2,1H3;1H/t10-,13+;/m1./s1. The van der Waals surface area contributed by atoms with Crippen LogP contribution in [0.3, 0.4) is 0 Å². The van der Waals surface area contributed by atoms with Crippen molar-refractivity contribution < 1.29 is 19.7 Å². The Balaban J connectivity index is 0.00000256. The van der Waals surface area contributed by atoms with Gasteiger partial charge in [-0.25, -0.2) is 0 Å². The Morgan fingerprint density at radius 1 is 1.27 bits per heavy atom. The number of phenolic OH excluding ortho intramolecular Hbond substituents is 2. The topological polar surface area (TPSA) is 94.1 Å². The van der Waals surface area contributed by atoms with Crippen LogP contribution in [0.15, 0.2) is 39.5 Å². The highest BCUT2D eigenvalue weighted by molar-refractivity contribution is 14.1. The normalized spacial score (nSPS) is 19.2. The predicted molar refractivity (Wildman–Crippen MR) is 127 cm³/mol. The number of rotatable bonds is 3. The van der Waals surface area contributed by atoms with E-state index in [0.717, 1.165) is 10.1 Å². The highest BCUT2D eigenvalue weighted by Crippen LogP contribution is 2.44. The zero-order valence-corrected chi connectivity index (χ0v) is 19.7. The second-order valence-corrected chi connectivity index (χ2v) is 8.77. The van der Waals surface area contributed by atoms with Crippen molar-refractivity contribution in [1.29, 1.82) is 0 Å². The van der Waals surface area contributed by atoms with Gasteiger partial charge in [0.1, 0.15) is 28.2 Å². The van der Waals surface area contributed by atoms with Gasteiger partial charge >= 0.3 is 0 Å². The molecule has 0 radical (unpaired) electrons. The van der Waals surface area contributed by atoms with Gasteiger partial charge < -0.3 is 24.6 Å². The number of aliphatic hydroxyl groups is 1. The number of aliphatic hydroxyl groups excluding tert-OH is 1. The third kappa shape index (κ3) is 3.78. The van der Waals surface area contributed by atoms with Gasteiger partial charge in [-0.15, -0.1) is 12.4 Å². The fourth-order valence-corrected chi connectivity index (χ4v) is 4.84. The Bertz CT molecular complexity index is 1170. The summed E-state index contributed by atoms with van der Waals surface area (Å²) in [7, 11) is 1.90. The third-order valence-electron chi connectivity index (χ3n) is 5.60. The molecule has 2 aromatic carbocycles. The molecule has 0 saturated carbocycles. The molecule has 3 aromatic rings. The predicted octanol–water partition coefficient (Wildman–Crippen LogP) is 4.33. The van der Waals surface area contributed by atoms with Crippen molar-refractivity contribution in [3.63, 3.8) is 0 Å². The van der Waals surface area contributed by atoms with Crippen LogP contribution >= 0.6 is 46.6 Å². The van der Waals surface area contributed by atoms with Gasteiger partial charge in [-0.2, -0.15) is 0 Å². The minimum Gasteiger partial charge on any atom is -0.507 e. The molecule has 30 heavy (non-hydrogen) atoms. The van der Waals surface area contributed by atoms with Gasteiger partial charge in [0.2, 0.25) is 0 Å². The molecule has 0 unspecified atom stereocenters. The number of aromatic hydroxyl groups is 2. The van der Waals surface area contributed by atoms with E-state index in [1.165, 1.54) is 12.1 Å². The van der Waals surface area contributed by atoms with E-state index in [-0.39, 0.29) is 59.2 Å². The van der Waals surface area contributed by atoms with Crippen molar-refractivity contribution in [2.45, 2.75) is 18.4 Å². The summed E-state index contributed by atoms with van der Waals surface area (Å²) < 4.78 is 6.90. The molecule has 6 nitrogen and oxygen atoms in total. The van der Waals surface area contributed by atoms with Gasteiger partial charge in [0.05, 0.1) is 11.6 Å². The van der Waals surface area contributed by atoms with Crippen molar-refractivity contribution in [3.8, 4) is 22.8 Å². The molecule has 1 aliphatic rings. The fraction of sp³-hybridized carbons (Fsp3) is 0.286. The first-order valence-corrected chi connectivity index (χ1v) is 10.6. The van der Waals surface area contributed by atoms with Crippen LogP contribution in [0.5, 0.6) is 11.5 Å². The van der Waals surface area contributed by atoms with Crippen LogP contribution in [-0.4, -0.2) is 46.5 Å². The average Bonchev–Trinajstić information content (AvgIpc) is 3.03. The van der Waals surface area contributed by atoms with Gasteiger partial charge in [-0.05, 0) is 54.7 Å². The van der Waals surface area contributed by atoms with E-state index in [4.69, 9.17) is 16.0 Å². The van der Waals surface area contributed by atoms with Gasteiger partial charge in [0.15, 0.2) is 5.43 Å². The fourth-order valence-electron chi connectivity index (χ4n) is 4.12. The lowest BCUT2D eigenvalue weighted by Crippen LogP contribution is -2.32. The number of benzene rings is 2. The first-order chi connectivity index (χ1) is 13.8. The first-order valence-electron chi connectivity index (χ1n) is 9.11. The number of hydrogen-bond donors (Lipinski definition) is 3. The van der Waals surface area contributed by atoms with Gasteiger partial charge in [0, 0.05) is 38.8 Å². The Morgan fingerprint density at radius 3 is 2.70 bits per heavy atom. The smallest absolute Gasteiger partial charge is 0.197 e. The molecule has 0 bridgehead atoms. The van der Waals surface area contributed by atoms with E-state index in [1.54, 1.807) is 6.07 Å². The molecule has 0 aliphatic carbocycles. The second-order valence-electron chi connectivity index (χ2n) is 7.23. The number of phenols is 2. The molecule has 4 rings (SSSR count). The second kappa shape index (κ2) is 8.92. The lowest BCUT2D eigenvalue weighted by molar-refractivity contribution is 0.172. The molecule has 0 amide bonds. The zero-order chi connectivity index (χ0) is 20.9. The lowest BCUT2D eigenvalue weighted by Gasteiger charge is -2.24. The van der Waals surface area contributed by atoms with Crippen LogP contribution in [0.1, 0.15) is 17.9 Å². The molecule has 1 fully saturated rings. The zero-order valence-electron chi connectivity index (χ0n) is 15.9. The van der Waals surface area contributed by atoms with Crippen LogP contribution < -0.4 is 5.43 Å². The Kier molecular flexibility index (Phi) is 6.88. The number of halogens is 3. The summed E-state index contributed by atoms with van der Waals surface area (Å²) in [6.07, 6.45) is 0.674. The Labute approximate surface area is 197 Å². The molecular weight excluding hydrogens is 544 g/mol. The number of nitrogens with zero attached hydrogens (tertiary/aromatic N) is 1. The number of hydrogen-bond acceptors (Lipinski definition) is 6. The summed E-state index contributed by atoms with van der Waals surface area (Å²) >= 11 is 8.51. The number of likely N-dealkylation sites (N-methyl/N-ethyl adjacent to an activating group) is 1. The van der Waals surface area contributed by atoms with Crippen LogP contribution in [0.25, 0.3) is 22.3 Å². The number of likely N-dealkylation sites (tertiary alicyclic amines) is 1. The van der Waals surface area contributed by atoms with Gasteiger partial charge in [-0.1, -0.05) is 17.7 Å². The van der Waals surface area contributed by atoms with Crippen molar-refractivity contribution in [3.05, 3.63) is 54.7 Å². The highest BCUT2D eigenvalue weighted by Gasteiger charge is 2.36. The number of fused-ring (bicyclic) bond motifs is 1. The summed E-state index contributed by atoms with van der Waals surface area (Å²) in [5.41, 5.74) is 0.663. The summed E-state index contributed by atoms with van der Waals surface area (Å²) in [4.78, 5) is 14.9. The molecule has 9 heteroatoms. The van der Waals surface area contributed by atoms with Crippen molar-refractivity contribution in [2.24, 2.45) is 0 Å². The monoisotopic (exact) mass is 563 g/mol. The van der Waals surface area contributed by atoms with Crippen molar-refractivity contribution >= 4 is 57.6 Å². The average molecular weight is 564 g/mol. The molecule has 1 aliphatic heterocycles. The lowest BCUT2D eigenvalue weighted by atomic mass is 9.89.